The minimum absolute atomic E-state index is 0. The number of carbonyl (C=O) groups is 1. The van der Waals surface area contributed by atoms with Crippen LogP contribution in [0.25, 0.3) is 0 Å². The first-order valence-corrected chi connectivity index (χ1v) is 8.46. The smallest absolute Gasteiger partial charge is 0.251 e. The summed E-state index contributed by atoms with van der Waals surface area (Å²) in [5.41, 5.74) is 3.21. The van der Waals surface area contributed by atoms with E-state index < -0.39 is 11.6 Å². The third kappa shape index (κ3) is 3.78. The van der Waals surface area contributed by atoms with Crippen molar-refractivity contribution < 1.29 is 15.0 Å². The maximum Gasteiger partial charge on any atom is 0.251 e. The number of allylic oxidation sites excluding steroid dienone is 2. The van der Waals surface area contributed by atoms with E-state index in [4.69, 9.17) is 0 Å². The topological polar surface area (TPSA) is 29.1 Å². The minimum Gasteiger partial charge on any atom is -0.348 e. The number of amides is 1. The molecule has 0 spiro atoms. The Kier molecular flexibility index (Phi) is 4.98. The molecule has 1 N–H and O–H groups in total. The van der Waals surface area contributed by atoms with E-state index in [1.165, 1.54) is 24.6 Å². The van der Waals surface area contributed by atoms with E-state index in [9.17, 15) is 13.6 Å². The van der Waals surface area contributed by atoms with Crippen LogP contribution in [0.5, 0.6) is 0 Å². The molecular formula is C21H23F2NO. The lowest BCUT2D eigenvalue weighted by atomic mass is 9.96. The molecular weight excluding hydrogens is 320 g/mol. The van der Waals surface area contributed by atoms with Crippen LogP contribution in [-0.2, 0) is 19.4 Å². The lowest BCUT2D eigenvalue weighted by molar-refractivity contribution is 0.0950. The number of fused-ring (bicyclic) bond motifs is 1. The molecule has 2 aromatic rings. The van der Waals surface area contributed by atoms with Gasteiger partial charge in [-0.2, -0.15) is 0 Å². The number of carbonyl (C=O) groups excluding carboxylic acids is 1. The summed E-state index contributed by atoms with van der Waals surface area (Å²) in [6.07, 6.45) is 6.11. The van der Waals surface area contributed by atoms with Gasteiger partial charge in [-0.15, -0.1) is 0 Å². The Morgan fingerprint density at radius 1 is 1.24 bits per heavy atom. The summed E-state index contributed by atoms with van der Waals surface area (Å²) in [5.74, 6) is -0.960. The Balaban J connectivity index is 0.00000243. The molecule has 3 rings (SSSR count). The van der Waals surface area contributed by atoms with E-state index in [0.29, 0.717) is 11.5 Å². The van der Waals surface area contributed by atoms with Crippen LogP contribution < -0.4 is 5.32 Å². The first-order chi connectivity index (χ1) is 12.0. The monoisotopic (exact) mass is 343 g/mol. The average molecular weight is 343 g/mol. The Labute approximate surface area is 148 Å². The normalized spacial score (nSPS) is 16.2. The quantitative estimate of drug-likeness (QED) is 0.801. The van der Waals surface area contributed by atoms with Gasteiger partial charge in [0, 0.05) is 24.7 Å². The van der Waals surface area contributed by atoms with Crippen LogP contribution in [0, 0.1) is 24.5 Å². The number of nitrogens with one attached hydrogen (secondary N) is 1. The molecule has 4 heteroatoms. The number of hydrogen-bond donors (Lipinski definition) is 1. The highest BCUT2D eigenvalue weighted by molar-refractivity contribution is 5.94. The van der Waals surface area contributed by atoms with Crippen LogP contribution in [0.15, 0.2) is 42.5 Å². The summed E-state index contributed by atoms with van der Waals surface area (Å²) in [4.78, 5) is 12.4. The van der Waals surface area contributed by atoms with Gasteiger partial charge < -0.3 is 5.32 Å². The number of rotatable bonds is 3. The van der Waals surface area contributed by atoms with Gasteiger partial charge in [-0.3, -0.25) is 4.79 Å². The second-order valence-electron chi connectivity index (χ2n) is 6.63. The zero-order valence-corrected chi connectivity index (χ0v) is 14.4. The van der Waals surface area contributed by atoms with Crippen molar-refractivity contribution in [3.63, 3.8) is 0 Å². The molecule has 2 aromatic carbocycles. The van der Waals surface area contributed by atoms with Crippen molar-refractivity contribution >= 4 is 5.91 Å². The van der Waals surface area contributed by atoms with Crippen molar-refractivity contribution in [3.8, 4) is 0 Å². The Morgan fingerprint density at radius 3 is 2.84 bits per heavy atom. The van der Waals surface area contributed by atoms with Gasteiger partial charge in [0.05, 0.1) is 0 Å². The summed E-state index contributed by atoms with van der Waals surface area (Å²) in [7, 11) is 0. The summed E-state index contributed by atoms with van der Waals surface area (Å²) >= 11 is 0. The molecule has 1 aliphatic carbocycles. The Bertz CT molecular complexity index is 848. The zero-order chi connectivity index (χ0) is 18.0. The van der Waals surface area contributed by atoms with Crippen LogP contribution in [-0.4, -0.2) is 5.91 Å². The molecule has 0 fully saturated rings. The van der Waals surface area contributed by atoms with Gasteiger partial charge in [0.2, 0.25) is 0 Å². The molecule has 0 aromatic heterocycles. The van der Waals surface area contributed by atoms with E-state index in [2.05, 4.69) is 24.4 Å². The standard InChI is InChI=1S/C21H21F2NO.H2/c1-13-4-3-5-15-11-17(7-6-16(15)10-13)21(25)24-12-18-8-9-19(22)14(2)20(18)23;/h3-4,6-9,11,13H,5,10,12H2,1-2H3,(H,24,25);1H. The number of hydrogen-bond acceptors (Lipinski definition) is 1. The summed E-state index contributed by atoms with van der Waals surface area (Å²) in [6.45, 7) is 3.59. The van der Waals surface area contributed by atoms with Gasteiger partial charge in [-0.25, -0.2) is 8.78 Å². The average Bonchev–Trinajstić information content (AvgIpc) is 2.78. The molecule has 1 atom stereocenters. The first kappa shape index (κ1) is 17.3. The Morgan fingerprint density at radius 2 is 2.04 bits per heavy atom. The van der Waals surface area contributed by atoms with Crippen molar-refractivity contribution in [1.29, 1.82) is 0 Å². The third-order valence-electron chi connectivity index (χ3n) is 4.65. The van der Waals surface area contributed by atoms with Crippen LogP contribution in [0.3, 0.4) is 0 Å². The maximum atomic E-state index is 14.0. The van der Waals surface area contributed by atoms with Gasteiger partial charge in [0.15, 0.2) is 0 Å². The molecule has 0 heterocycles. The molecule has 0 bridgehead atoms. The summed E-state index contributed by atoms with van der Waals surface area (Å²) in [5, 5.41) is 2.71. The van der Waals surface area contributed by atoms with E-state index >= 15 is 0 Å². The fraction of sp³-hybridized carbons (Fsp3) is 0.286. The molecule has 1 aliphatic rings. The van der Waals surface area contributed by atoms with Gasteiger partial charge >= 0.3 is 0 Å². The molecule has 2 nitrogen and oxygen atoms in total. The lowest BCUT2D eigenvalue weighted by Crippen LogP contribution is -2.23. The fourth-order valence-electron chi connectivity index (χ4n) is 3.13. The van der Waals surface area contributed by atoms with E-state index in [0.717, 1.165) is 18.4 Å². The molecule has 0 saturated carbocycles. The largest absolute Gasteiger partial charge is 0.348 e. The van der Waals surface area contributed by atoms with E-state index in [1.54, 1.807) is 6.07 Å². The zero-order valence-electron chi connectivity index (χ0n) is 14.4. The molecule has 0 aliphatic heterocycles. The second kappa shape index (κ2) is 7.18. The van der Waals surface area contributed by atoms with Crippen molar-refractivity contribution in [3.05, 3.63) is 81.9 Å². The van der Waals surface area contributed by atoms with Crippen molar-refractivity contribution in [1.82, 2.24) is 5.32 Å². The SMILES string of the molecule is Cc1c(F)ccc(CNC(=O)c2ccc3c(c2)CC=CC(C)C3)c1F.[HH]. The fourth-order valence-corrected chi connectivity index (χ4v) is 3.13. The third-order valence-corrected chi connectivity index (χ3v) is 4.65. The van der Waals surface area contributed by atoms with E-state index in [-0.39, 0.29) is 25.0 Å². The molecule has 0 radical (unpaired) electrons. The predicted molar refractivity (Wildman–Crippen MR) is 96.5 cm³/mol. The van der Waals surface area contributed by atoms with Gasteiger partial charge in [-0.1, -0.05) is 31.2 Å². The first-order valence-electron chi connectivity index (χ1n) is 8.46. The summed E-state index contributed by atoms with van der Waals surface area (Å²) < 4.78 is 27.3. The molecule has 0 saturated heterocycles. The van der Waals surface area contributed by atoms with Crippen molar-refractivity contribution in [2.45, 2.75) is 33.2 Å². The molecule has 25 heavy (non-hydrogen) atoms. The highest BCUT2D eigenvalue weighted by Gasteiger charge is 2.14. The maximum absolute atomic E-state index is 14.0. The highest BCUT2D eigenvalue weighted by Crippen LogP contribution is 2.21. The van der Waals surface area contributed by atoms with Crippen molar-refractivity contribution in [2.24, 2.45) is 5.92 Å². The second-order valence-corrected chi connectivity index (χ2v) is 6.63. The minimum atomic E-state index is -0.610. The summed E-state index contributed by atoms with van der Waals surface area (Å²) in [6, 6.07) is 8.28. The van der Waals surface area contributed by atoms with Gasteiger partial charge in [0.25, 0.3) is 5.91 Å². The van der Waals surface area contributed by atoms with E-state index in [1.807, 2.05) is 12.1 Å². The number of halogens is 2. The van der Waals surface area contributed by atoms with Crippen LogP contribution in [0.1, 0.15) is 41.0 Å². The highest BCUT2D eigenvalue weighted by atomic mass is 19.1. The Hall–Kier alpha value is -2.49. The van der Waals surface area contributed by atoms with Crippen LogP contribution >= 0.6 is 0 Å². The molecule has 1 unspecified atom stereocenters. The lowest BCUT2D eigenvalue weighted by Gasteiger charge is -2.12. The predicted octanol–water partition coefficient (Wildman–Crippen LogP) is 4.74. The molecule has 132 valence electrons. The van der Waals surface area contributed by atoms with Crippen LogP contribution in [0.2, 0.25) is 0 Å². The molecule has 1 amide bonds. The van der Waals surface area contributed by atoms with Gasteiger partial charge in [-0.05, 0) is 55.0 Å². The number of benzene rings is 2. The van der Waals surface area contributed by atoms with Crippen LogP contribution in [0.4, 0.5) is 8.78 Å². The van der Waals surface area contributed by atoms with Gasteiger partial charge in [0.1, 0.15) is 11.6 Å². The van der Waals surface area contributed by atoms with Crippen molar-refractivity contribution in [2.75, 3.05) is 0 Å².